The highest BCUT2D eigenvalue weighted by Crippen LogP contribution is 2.28. The van der Waals surface area contributed by atoms with Crippen LogP contribution in [0.5, 0.6) is 0 Å². The van der Waals surface area contributed by atoms with E-state index in [1.807, 2.05) is 0 Å². The number of benzene rings is 1. The van der Waals surface area contributed by atoms with Crippen molar-refractivity contribution in [3.63, 3.8) is 0 Å². The number of aryl methyl sites for hydroxylation is 1. The van der Waals surface area contributed by atoms with E-state index in [-0.39, 0.29) is 0 Å². The minimum atomic E-state index is 0.604. The summed E-state index contributed by atoms with van der Waals surface area (Å²) in [5.74, 6) is 1.84. The summed E-state index contributed by atoms with van der Waals surface area (Å²) in [6, 6.07) is 6.29. The van der Waals surface area contributed by atoms with Crippen LogP contribution in [0, 0.1) is 0 Å². The van der Waals surface area contributed by atoms with Crippen molar-refractivity contribution in [2.75, 3.05) is 13.1 Å². The molecule has 0 saturated carbocycles. The average Bonchev–Trinajstić information content (AvgIpc) is 2.68. The van der Waals surface area contributed by atoms with Gasteiger partial charge in [-0.2, -0.15) is 0 Å². The molecule has 0 aliphatic carbocycles. The summed E-state index contributed by atoms with van der Waals surface area (Å²) in [6.45, 7) is 2.22. The van der Waals surface area contributed by atoms with E-state index >= 15 is 0 Å². The van der Waals surface area contributed by atoms with Crippen molar-refractivity contribution in [2.45, 2.75) is 18.8 Å². The van der Waals surface area contributed by atoms with Crippen LogP contribution in [-0.2, 0) is 7.05 Å². The van der Waals surface area contributed by atoms with E-state index in [9.17, 15) is 0 Å². The number of imidazole rings is 1. The molecule has 0 bridgehead atoms. The summed E-state index contributed by atoms with van der Waals surface area (Å²) in [5.41, 5.74) is 2.32. The second-order valence-electron chi connectivity index (χ2n) is 4.69. The number of fused-ring (bicyclic) bond motifs is 1. The first-order chi connectivity index (χ1) is 8.25. The molecule has 1 N–H and O–H groups in total. The third kappa shape index (κ3) is 2.00. The Hall–Kier alpha value is -0.870. The highest BCUT2D eigenvalue weighted by atomic mass is 79.9. The van der Waals surface area contributed by atoms with Crippen molar-refractivity contribution < 1.29 is 0 Å². The molecule has 1 fully saturated rings. The van der Waals surface area contributed by atoms with Crippen LogP contribution in [-0.4, -0.2) is 22.6 Å². The van der Waals surface area contributed by atoms with Gasteiger partial charge < -0.3 is 9.88 Å². The molecule has 2 aromatic rings. The van der Waals surface area contributed by atoms with Crippen molar-refractivity contribution in [1.29, 1.82) is 0 Å². The predicted molar refractivity (Wildman–Crippen MR) is 73.3 cm³/mol. The van der Waals surface area contributed by atoms with Gasteiger partial charge in [-0.1, -0.05) is 15.9 Å². The van der Waals surface area contributed by atoms with Crippen LogP contribution < -0.4 is 5.32 Å². The van der Waals surface area contributed by atoms with E-state index in [4.69, 9.17) is 4.98 Å². The Kier molecular flexibility index (Phi) is 2.92. The molecule has 0 spiro atoms. The summed E-state index contributed by atoms with van der Waals surface area (Å²) >= 11 is 3.52. The van der Waals surface area contributed by atoms with Crippen molar-refractivity contribution in [3.05, 3.63) is 28.5 Å². The van der Waals surface area contributed by atoms with Gasteiger partial charge in [-0.15, -0.1) is 0 Å². The average molecular weight is 294 g/mol. The molecule has 2 heterocycles. The number of aromatic nitrogens is 2. The largest absolute Gasteiger partial charge is 0.331 e. The monoisotopic (exact) mass is 293 g/mol. The molecule has 3 nitrogen and oxygen atoms in total. The quantitative estimate of drug-likeness (QED) is 0.876. The molecule has 1 aromatic carbocycles. The Morgan fingerprint density at radius 2 is 2.12 bits per heavy atom. The molecule has 0 unspecified atom stereocenters. The summed E-state index contributed by atoms with van der Waals surface area (Å²) in [6.07, 6.45) is 2.39. The Balaban J connectivity index is 2.07. The lowest BCUT2D eigenvalue weighted by Gasteiger charge is -2.22. The molecular weight excluding hydrogens is 278 g/mol. The minimum Gasteiger partial charge on any atom is -0.331 e. The molecule has 3 rings (SSSR count). The topological polar surface area (TPSA) is 29.9 Å². The number of hydrogen-bond acceptors (Lipinski definition) is 2. The van der Waals surface area contributed by atoms with E-state index in [0.29, 0.717) is 5.92 Å². The highest BCUT2D eigenvalue weighted by molar-refractivity contribution is 9.10. The highest BCUT2D eigenvalue weighted by Gasteiger charge is 2.20. The van der Waals surface area contributed by atoms with Crippen molar-refractivity contribution in [3.8, 4) is 0 Å². The molecule has 1 aliphatic rings. The molecule has 17 heavy (non-hydrogen) atoms. The standard InChI is InChI=1S/C13H16BrN3/c1-17-12-8-10(14)2-3-11(12)16-13(17)9-4-6-15-7-5-9/h2-3,8-9,15H,4-7H2,1H3. The normalized spacial score (nSPS) is 17.8. The first kappa shape index (κ1) is 11.2. The van der Waals surface area contributed by atoms with Gasteiger partial charge in [-0.25, -0.2) is 4.98 Å². The van der Waals surface area contributed by atoms with Gasteiger partial charge in [0.2, 0.25) is 0 Å². The maximum Gasteiger partial charge on any atom is 0.112 e. The molecule has 1 aromatic heterocycles. The van der Waals surface area contributed by atoms with Crippen LogP contribution in [0.15, 0.2) is 22.7 Å². The molecule has 90 valence electrons. The van der Waals surface area contributed by atoms with Gasteiger partial charge >= 0.3 is 0 Å². The fraction of sp³-hybridized carbons (Fsp3) is 0.462. The summed E-state index contributed by atoms with van der Waals surface area (Å²) < 4.78 is 3.36. The zero-order valence-electron chi connectivity index (χ0n) is 9.91. The van der Waals surface area contributed by atoms with Crippen LogP contribution >= 0.6 is 15.9 Å². The molecule has 0 amide bonds. The van der Waals surface area contributed by atoms with Gasteiger partial charge in [0.05, 0.1) is 11.0 Å². The van der Waals surface area contributed by atoms with E-state index in [0.717, 1.165) is 23.1 Å². The minimum absolute atomic E-state index is 0.604. The van der Waals surface area contributed by atoms with E-state index in [1.54, 1.807) is 0 Å². The molecule has 0 atom stereocenters. The van der Waals surface area contributed by atoms with E-state index in [1.165, 1.54) is 24.2 Å². The van der Waals surface area contributed by atoms with Gasteiger partial charge in [0.15, 0.2) is 0 Å². The molecule has 0 radical (unpaired) electrons. The maximum absolute atomic E-state index is 4.79. The maximum atomic E-state index is 4.79. The Labute approximate surface area is 109 Å². The lowest BCUT2D eigenvalue weighted by Crippen LogP contribution is -2.27. The molecule has 4 heteroatoms. The van der Waals surface area contributed by atoms with Crippen molar-refractivity contribution >= 4 is 27.0 Å². The van der Waals surface area contributed by atoms with Crippen molar-refractivity contribution in [1.82, 2.24) is 14.9 Å². The van der Waals surface area contributed by atoms with Gasteiger partial charge in [0, 0.05) is 17.4 Å². The second kappa shape index (κ2) is 4.42. The third-order valence-electron chi connectivity index (χ3n) is 3.58. The van der Waals surface area contributed by atoms with Gasteiger partial charge in [-0.05, 0) is 44.1 Å². The summed E-state index contributed by atoms with van der Waals surface area (Å²) in [5, 5.41) is 3.40. The summed E-state index contributed by atoms with van der Waals surface area (Å²) in [7, 11) is 2.12. The Bertz CT molecular complexity index is 541. The number of rotatable bonds is 1. The third-order valence-corrected chi connectivity index (χ3v) is 4.08. The molecule has 1 saturated heterocycles. The fourth-order valence-electron chi connectivity index (χ4n) is 2.63. The first-order valence-corrected chi connectivity index (χ1v) is 6.87. The fourth-order valence-corrected chi connectivity index (χ4v) is 2.98. The molecular formula is C13H16BrN3. The summed E-state index contributed by atoms with van der Waals surface area (Å²) in [4.78, 5) is 4.79. The number of nitrogens with one attached hydrogen (secondary N) is 1. The van der Waals surface area contributed by atoms with Gasteiger partial charge in [0.1, 0.15) is 5.82 Å². The number of hydrogen-bond donors (Lipinski definition) is 1. The van der Waals surface area contributed by atoms with Crippen LogP contribution in [0.1, 0.15) is 24.6 Å². The molecule has 1 aliphatic heterocycles. The second-order valence-corrected chi connectivity index (χ2v) is 5.60. The zero-order valence-corrected chi connectivity index (χ0v) is 11.5. The van der Waals surface area contributed by atoms with E-state index in [2.05, 4.69) is 51.1 Å². The Morgan fingerprint density at radius 3 is 2.88 bits per heavy atom. The number of nitrogens with zero attached hydrogens (tertiary/aromatic N) is 2. The van der Waals surface area contributed by atoms with Crippen LogP contribution in [0.3, 0.4) is 0 Å². The lowest BCUT2D eigenvalue weighted by atomic mass is 9.97. The number of piperidine rings is 1. The smallest absolute Gasteiger partial charge is 0.112 e. The SMILES string of the molecule is Cn1c(C2CCNCC2)nc2ccc(Br)cc21. The predicted octanol–water partition coefficient (Wildman–Crippen LogP) is 2.80. The number of halogens is 1. The zero-order chi connectivity index (χ0) is 11.8. The lowest BCUT2D eigenvalue weighted by molar-refractivity contribution is 0.438. The van der Waals surface area contributed by atoms with Gasteiger partial charge in [0.25, 0.3) is 0 Å². The van der Waals surface area contributed by atoms with Crippen LogP contribution in [0.2, 0.25) is 0 Å². The van der Waals surface area contributed by atoms with E-state index < -0.39 is 0 Å². The van der Waals surface area contributed by atoms with Crippen LogP contribution in [0.25, 0.3) is 11.0 Å². The van der Waals surface area contributed by atoms with Crippen molar-refractivity contribution in [2.24, 2.45) is 7.05 Å². The first-order valence-electron chi connectivity index (χ1n) is 6.08. The van der Waals surface area contributed by atoms with Crippen LogP contribution in [0.4, 0.5) is 0 Å². The van der Waals surface area contributed by atoms with Gasteiger partial charge in [-0.3, -0.25) is 0 Å². The Morgan fingerprint density at radius 1 is 1.35 bits per heavy atom.